The fourth-order valence-electron chi connectivity index (χ4n) is 3.00. The lowest BCUT2D eigenvalue weighted by molar-refractivity contribution is 0.0939. The van der Waals surface area contributed by atoms with E-state index in [1.807, 2.05) is 63.2 Å². The van der Waals surface area contributed by atoms with E-state index in [4.69, 9.17) is 0 Å². The van der Waals surface area contributed by atoms with Crippen LogP contribution in [-0.2, 0) is 0 Å². The number of nitrogens with one attached hydrogen (secondary N) is 1. The number of aryl methyl sites for hydroxylation is 2. The number of hydrogen-bond acceptors (Lipinski definition) is 2. The Kier molecular flexibility index (Phi) is 4.70. The molecule has 0 saturated heterocycles. The fraction of sp³-hybridized carbons (Fsp3) is 0.238. The van der Waals surface area contributed by atoms with Gasteiger partial charge in [0.05, 0.1) is 29.2 Å². The first kappa shape index (κ1) is 17.0. The highest BCUT2D eigenvalue weighted by atomic mass is 16.1. The van der Waals surface area contributed by atoms with Crippen molar-refractivity contribution in [3.05, 3.63) is 82.7 Å². The fourth-order valence-corrected chi connectivity index (χ4v) is 3.00. The summed E-state index contributed by atoms with van der Waals surface area (Å²) >= 11 is 0. The molecule has 1 amide bonds. The van der Waals surface area contributed by atoms with Crippen LogP contribution in [0.2, 0.25) is 0 Å². The van der Waals surface area contributed by atoms with E-state index in [1.54, 1.807) is 10.9 Å². The maximum Gasteiger partial charge on any atom is 0.255 e. The number of benzene rings is 2. The summed E-state index contributed by atoms with van der Waals surface area (Å²) in [7, 11) is 0. The molecule has 128 valence electrons. The normalized spacial score (nSPS) is 12.0. The molecule has 1 heterocycles. The molecule has 0 aliphatic heterocycles. The smallest absolute Gasteiger partial charge is 0.255 e. The van der Waals surface area contributed by atoms with E-state index in [-0.39, 0.29) is 11.9 Å². The summed E-state index contributed by atoms with van der Waals surface area (Å²) < 4.78 is 1.80. The Hall–Kier alpha value is -2.88. The van der Waals surface area contributed by atoms with Crippen molar-refractivity contribution < 1.29 is 4.79 Å². The molecular weight excluding hydrogens is 310 g/mol. The second-order valence-electron chi connectivity index (χ2n) is 6.44. The van der Waals surface area contributed by atoms with Gasteiger partial charge < -0.3 is 5.32 Å². The molecule has 3 aromatic rings. The third-order valence-electron chi connectivity index (χ3n) is 4.54. The molecule has 0 radical (unpaired) electrons. The molecular formula is C21H23N3O. The number of hydrogen-bond donors (Lipinski definition) is 1. The highest BCUT2D eigenvalue weighted by molar-refractivity contribution is 5.95. The lowest BCUT2D eigenvalue weighted by Crippen LogP contribution is -2.27. The van der Waals surface area contributed by atoms with Gasteiger partial charge in [0.25, 0.3) is 5.91 Å². The molecule has 1 aromatic heterocycles. The average Bonchev–Trinajstić information content (AvgIpc) is 2.97. The summed E-state index contributed by atoms with van der Waals surface area (Å²) in [6.07, 6.45) is 1.63. The first-order valence-electron chi connectivity index (χ1n) is 8.45. The van der Waals surface area contributed by atoms with Crippen molar-refractivity contribution >= 4 is 5.91 Å². The molecule has 0 saturated carbocycles. The molecule has 0 aliphatic carbocycles. The van der Waals surface area contributed by atoms with Gasteiger partial charge >= 0.3 is 0 Å². The van der Waals surface area contributed by atoms with Gasteiger partial charge in [-0.25, -0.2) is 4.68 Å². The summed E-state index contributed by atoms with van der Waals surface area (Å²) in [4.78, 5) is 12.7. The standard InChI is InChI=1S/C21H23N3O/c1-14-9-11-18(12-10-14)24-17(4)20(13-22-24)21(25)23-16(3)19-8-6-5-7-15(19)2/h5-13,16H,1-4H3,(H,23,25). The molecule has 25 heavy (non-hydrogen) atoms. The predicted molar refractivity (Wildman–Crippen MR) is 100 cm³/mol. The molecule has 2 aromatic carbocycles. The molecule has 0 bridgehead atoms. The van der Waals surface area contributed by atoms with Gasteiger partial charge in [-0.1, -0.05) is 42.0 Å². The van der Waals surface area contributed by atoms with Gasteiger partial charge in [0.2, 0.25) is 0 Å². The number of carbonyl (C=O) groups excluding carboxylic acids is 1. The van der Waals surface area contributed by atoms with E-state index in [2.05, 4.69) is 23.4 Å². The van der Waals surface area contributed by atoms with Crippen LogP contribution in [0, 0.1) is 20.8 Å². The molecule has 4 heteroatoms. The Balaban J connectivity index is 1.81. The Morgan fingerprint density at radius 3 is 2.40 bits per heavy atom. The SMILES string of the molecule is Cc1ccc(-n2ncc(C(=O)NC(C)c3ccccc3C)c2C)cc1. The van der Waals surface area contributed by atoms with Crippen LogP contribution in [0.4, 0.5) is 0 Å². The minimum absolute atomic E-state index is 0.0594. The molecule has 0 fully saturated rings. The van der Waals surface area contributed by atoms with E-state index in [0.29, 0.717) is 5.56 Å². The largest absolute Gasteiger partial charge is 0.345 e. The van der Waals surface area contributed by atoms with Crippen LogP contribution >= 0.6 is 0 Å². The van der Waals surface area contributed by atoms with Crippen molar-refractivity contribution in [1.29, 1.82) is 0 Å². The minimum Gasteiger partial charge on any atom is -0.345 e. The van der Waals surface area contributed by atoms with Crippen molar-refractivity contribution in [2.24, 2.45) is 0 Å². The quantitative estimate of drug-likeness (QED) is 0.774. The van der Waals surface area contributed by atoms with Crippen LogP contribution in [0.1, 0.15) is 45.7 Å². The zero-order valence-electron chi connectivity index (χ0n) is 15.1. The molecule has 1 unspecified atom stereocenters. The van der Waals surface area contributed by atoms with Crippen molar-refractivity contribution in [1.82, 2.24) is 15.1 Å². The van der Waals surface area contributed by atoms with Gasteiger partial charge in [0.15, 0.2) is 0 Å². The third kappa shape index (κ3) is 3.48. The van der Waals surface area contributed by atoms with Crippen LogP contribution in [0.5, 0.6) is 0 Å². The number of carbonyl (C=O) groups is 1. The number of rotatable bonds is 4. The van der Waals surface area contributed by atoms with Gasteiger partial charge in [-0.2, -0.15) is 5.10 Å². The summed E-state index contributed by atoms with van der Waals surface area (Å²) in [5, 5.41) is 7.47. The van der Waals surface area contributed by atoms with Crippen LogP contribution < -0.4 is 5.32 Å². The zero-order chi connectivity index (χ0) is 18.0. The lowest BCUT2D eigenvalue weighted by Gasteiger charge is -2.16. The van der Waals surface area contributed by atoms with Gasteiger partial charge in [-0.05, 0) is 51.0 Å². The Morgan fingerprint density at radius 1 is 1.04 bits per heavy atom. The summed E-state index contributed by atoms with van der Waals surface area (Å²) in [5.41, 5.74) is 5.87. The van der Waals surface area contributed by atoms with Crippen LogP contribution in [0.25, 0.3) is 5.69 Å². The van der Waals surface area contributed by atoms with Crippen LogP contribution in [0.15, 0.2) is 54.7 Å². The molecule has 4 nitrogen and oxygen atoms in total. The summed E-state index contributed by atoms with van der Waals surface area (Å²) in [6.45, 7) is 8.02. The van der Waals surface area contributed by atoms with E-state index < -0.39 is 0 Å². The topological polar surface area (TPSA) is 46.9 Å². The second kappa shape index (κ2) is 6.93. The van der Waals surface area contributed by atoms with Gasteiger partial charge in [0, 0.05) is 0 Å². The van der Waals surface area contributed by atoms with Crippen LogP contribution in [0.3, 0.4) is 0 Å². The van der Waals surface area contributed by atoms with E-state index >= 15 is 0 Å². The number of amides is 1. The monoisotopic (exact) mass is 333 g/mol. The van der Waals surface area contributed by atoms with E-state index in [1.165, 1.54) is 11.1 Å². The third-order valence-corrected chi connectivity index (χ3v) is 4.54. The summed E-state index contributed by atoms with van der Waals surface area (Å²) in [5.74, 6) is -0.105. The molecule has 1 atom stereocenters. The van der Waals surface area contributed by atoms with Crippen molar-refractivity contribution in [3.8, 4) is 5.69 Å². The van der Waals surface area contributed by atoms with Crippen molar-refractivity contribution in [3.63, 3.8) is 0 Å². The average molecular weight is 333 g/mol. The molecule has 3 rings (SSSR count). The molecule has 1 N–H and O–H groups in total. The molecule has 0 spiro atoms. The Labute approximate surface area is 148 Å². The minimum atomic E-state index is -0.105. The van der Waals surface area contributed by atoms with E-state index in [0.717, 1.165) is 16.9 Å². The second-order valence-corrected chi connectivity index (χ2v) is 6.44. The number of aromatic nitrogens is 2. The zero-order valence-corrected chi connectivity index (χ0v) is 15.1. The number of nitrogens with zero attached hydrogens (tertiary/aromatic N) is 2. The van der Waals surface area contributed by atoms with Crippen molar-refractivity contribution in [2.75, 3.05) is 0 Å². The van der Waals surface area contributed by atoms with Crippen LogP contribution in [-0.4, -0.2) is 15.7 Å². The van der Waals surface area contributed by atoms with Gasteiger partial charge in [-0.3, -0.25) is 4.79 Å². The predicted octanol–water partition coefficient (Wildman–Crippen LogP) is 4.29. The Bertz CT molecular complexity index is 894. The van der Waals surface area contributed by atoms with Gasteiger partial charge in [-0.15, -0.1) is 0 Å². The first-order valence-corrected chi connectivity index (χ1v) is 8.45. The van der Waals surface area contributed by atoms with Gasteiger partial charge in [0.1, 0.15) is 0 Å². The summed E-state index contributed by atoms with van der Waals surface area (Å²) in [6, 6.07) is 16.1. The lowest BCUT2D eigenvalue weighted by atomic mass is 10.0. The maximum absolute atomic E-state index is 12.7. The highest BCUT2D eigenvalue weighted by Crippen LogP contribution is 2.19. The molecule has 0 aliphatic rings. The highest BCUT2D eigenvalue weighted by Gasteiger charge is 2.18. The Morgan fingerprint density at radius 2 is 1.72 bits per heavy atom. The first-order chi connectivity index (χ1) is 12.0. The maximum atomic E-state index is 12.7. The van der Waals surface area contributed by atoms with E-state index in [9.17, 15) is 4.79 Å². The van der Waals surface area contributed by atoms with Crippen molar-refractivity contribution in [2.45, 2.75) is 33.7 Å².